The maximum atomic E-state index is 12.2. The fourth-order valence-electron chi connectivity index (χ4n) is 2.48. The van der Waals surface area contributed by atoms with Crippen molar-refractivity contribution in [3.8, 4) is 11.3 Å². The van der Waals surface area contributed by atoms with Gasteiger partial charge in [0.25, 0.3) is 5.91 Å². The van der Waals surface area contributed by atoms with Gasteiger partial charge in [-0.3, -0.25) is 4.79 Å². The Labute approximate surface area is 148 Å². The maximum absolute atomic E-state index is 12.2. The molecule has 25 heavy (non-hydrogen) atoms. The lowest BCUT2D eigenvalue weighted by molar-refractivity contribution is 0.0941. The number of halogens is 1. The molecule has 7 heteroatoms. The van der Waals surface area contributed by atoms with E-state index in [0.717, 1.165) is 16.9 Å². The van der Waals surface area contributed by atoms with Crippen LogP contribution >= 0.6 is 11.6 Å². The lowest BCUT2D eigenvalue weighted by atomic mass is 10.1. The third kappa shape index (κ3) is 3.25. The molecule has 0 spiro atoms. The summed E-state index contributed by atoms with van der Waals surface area (Å²) >= 11 is 5.95. The lowest BCUT2D eigenvalue weighted by Gasteiger charge is -1.98. The topological polar surface area (TPSA) is 72.4 Å². The minimum Gasteiger partial charge on any atom is -0.355 e. The molecule has 0 radical (unpaired) electrons. The molecule has 0 unspecified atom stereocenters. The first kappa shape index (κ1) is 15.4. The summed E-state index contributed by atoms with van der Waals surface area (Å²) in [5.41, 5.74) is 2.58. The minimum absolute atomic E-state index is 0.227. The van der Waals surface area contributed by atoms with Crippen LogP contribution in [0.25, 0.3) is 17.0 Å². The van der Waals surface area contributed by atoms with Gasteiger partial charge in [0.2, 0.25) is 0 Å². The zero-order valence-corrected chi connectivity index (χ0v) is 13.8. The van der Waals surface area contributed by atoms with E-state index < -0.39 is 0 Å². The van der Waals surface area contributed by atoms with Crippen LogP contribution in [0.2, 0.25) is 5.02 Å². The van der Waals surface area contributed by atoms with Crippen LogP contribution in [0, 0.1) is 0 Å². The Bertz CT molecular complexity index is 1040. The summed E-state index contributed by atoms with van der Waals surface area (Å²) in [6.45, 7) is 0.283. The van der Waals surface area contributed by atoms with E-state index in [2.05, 4.69) is 15.5 Å². The smallest absolute Gasteiger partial charge is 0.273 e. The molecule has 0 bridgehead atoms. The number of nitrogens with zero attached hydrogens (tertiary/aromatic N) is 3. The molecule has 1 N–H and O–H groups in total. The molecule has 3 heterocycles. The van der Waals surface area contributed by atoms with Gasteiger partial charge in [0, 0.05) is 24.0 Å². The molecule has 0 fully saturated rings. The van der Waals surface area contributed by atoms with Gasteiger partial charge in [0.15, 0.2) is 11.5 Å². The molecule has 4 aromatic rings. The molecule has 0 atom stereocenters. The SMILES string of the molecule is O=C(NCc1cn2cc(Cl)ccc2n1)c1cc(-c2ccccc2)on1. The van der Waals surface area contributed by atoms with E-state index in [0.29, 0.717) is 10.8 Å². The highest BCUT2D eigenvalue weighted by Crippen LogP contribution is 2.19. The fraction of sp³-hybridized carbons (Fsp3) is 0.0556. The minimum atomic E-state index is -0.319. The van der Waals surface area contributed by atoms with Gasteiger partial charge in [-0.15, -0.1) is 0 Å². The molecule has 0 saturated carbocycles. The first-order chi connectivity index (χ1) is 12.2. The van der Waals surface area contributed by atoms with Gasteiger partial charge in [-0.25, -0.2) is 4.98 Å². The summed E-state index contributed by atoms with van der Waals surface area (Å²) in [6.07, 6.45) is 3.58. The number of hydrogen-bond donors (Lipinski definition) is 1. The van der Waals surface area contributed by atoms with Gasteiger partial charge in [-0.2, -0.15) is 0 Å². The molecule has 3 aromatic heterocycles. The zero-order chi connectivity index (χ0) is 17.2. The van der Waals surface area contributed by atoms with Gasteiger partial charge in [0.05, 0.1) is 17.3 Å². The number of nitrogens with one attached hydrogen (secondary N) is 1. The molecule has 1 aromatic carbocycles. The van der Waals surface area contributed by atoms with Crippen molar-refractivity contribution in [2.45, 2.75) is 6.54 Å². The van der Waals surface area contributed by atoms with E-state index in [1.165, 1.54) is 0 Å². The molecular formula is C18H13ClN4O2. The molecule has 0 saturated heterocycles. The highest BCUT2D eigenvalue weighted by molar-refractivity contribution is 6.30. The van der Waals surface area contributed by atoms with Crippen LogP contribution in [0.1, 0.15) is 16.2 Å². The van der Waals surface area contributed by atoms with Gasteiger partial charge in [-0.1, -0.05) is 47.1 Å². The maximum Gasteiger partial charge on any atom is 0.273 e. The van der Waals surface area contributed by atoms with E-state index in [1.807, 2.05) is 47.0 Å². The number of benzene rings is 1. The van der Waals surface area contributed by atoms with Crippen LogP contribution in [-0.4, -0.2) is 20.4 Å². The number of carbonyl (C=O) groups excluding carboxylic acids is 1. The van der Waals surface area contributed by atoms with Gasteiger partial charge in [0.1, 0.15) is 5.65 Å². The van der Waals surface area contributed by atoms with Crippen LogP contribution in [0.4, 0.5) is 0 Å². The van der Waals surface area contributed by atoms with Crippen molar-refractivity contribution in [3.63, 3.8) is 0 Å². The normalized spacial score (nSPS) is 10.9. The van der Waals surface area contributed by atoms with Gasteiger partial charge in [-0.05, 0) is 12.1 Å². The van der Waals surface area contributed by atoms with Gasteiger partial charge >= 0.3 is 0 Å². The molecule has 0 aliphatic carbocycles. The fourth-order valence-corrected chi connectivity index (χ4v) is 2.65. The third-order valence-electron chi connectivity index (χ3n) is 3.70. The average Bonchev–Trinajstić information content (AvgIpc) is 3.27. The van der Waals surface area contributed by atoms with Crippen molar-refractivity contribution < 1.29 is 9.32 Å². The van der Waals surface area contributed by atoms with Gasteiger partial charge < -0.3 is 14.2 Å². The summed E-state index contributed by atoms with van der Waals surface area (Å²) in [5, 5.41) is 7.24. The average molecular weight is 353 g/mol. The van der Waals surface area contributed by atoms with Crippen LogP contribution in [0.15, 0.2) is 65.4 Å². The number of hydrogen-bond acceptors (Lipinski definition) is 4. The van der Waals surface area contributed by atoms with E-state index in [1.54, 1.807) is 18.3 Å². The van der Waals surface area contributed by atoms with E-state index in [4.69, 9.17) is 16.1 Å². The second kappa shape index (κ2) is 6.41. The Morgan fingerprint density at radius 1 is 1.16 bits per heavy atom. The Balaban J connectivity index is 1.46. The number of fused-ring (bicyclic) bond motifs is 1. The number of aromatic nitrogens is 3. The van der Waals surface area contributed by atoms with Crippen molar-refractivity contribution >= 4 is 23.2 Å². The summed E-state index contributed by atoms with van der Waals surface area (Å²) in [6, 6.07) is 14.7. The van der Waals surface area contributed by atoms with Crippen molar-refractivity contribution in [1.29, 1.82) is 0 Å². The first-order valence-electron chi connectivity index (χ1n) is 7.62. The second-order valence-corrected chi connectivity index (χ2v) is 5.91. The monoisotopic (exact) mass is 352 g/mol. The lowest BCUT2D eigenvalue weighted by Crippen LogP contribution is -2.23. The van der Waals surface area contributed by atoms with Crippen molar-refractivity contribution in [2.24, 2.45) is 0 Å². The van der Waals surface area contributed by atoms with Crippen molar-refractivity contribution in [1.82, 2.24) is 19.9 Å². The quantitative estimate of drug-likeness (QED) is 0.609. The zero-order valence-electron chi connectivity index (χ0n) is 13.0. The Morgan fingerprint density at radius 3 is 2.84 bits per heavy atom. The van der Waals surface area contributed by atoms with Crippen LogP contribution in [-0.2, 0) is 6.54 Å². The largest absolute Gasteiger partial charge is 0.355 e. The second-order valence-electron chi connectivity index (χ2n) is 5.47. The first-order valence-corrected chi connectivity index (χ1v) is 8.00. The number of carbonyl (C=O) groups is 1. The standard InChI is InChI=1S/C18H13ClN4O2/c19-13-6-7-17-21-14(11-23(17)10-13)9-20-18(24)15-8-16(25-22-15)12-4-2-1-3-5-12/h1-8,10-11H,9H2,(H,20,24). The predicted molar refractivity (Wildman–Crippen MR) is 93.3 cm³/mol. The molecule has 0 aliphatic rings. The van der Waals surface area contributed by atoms with Crippen molar-refractivity contribution in [2.75, 3.05) is 0 Å². The molecular weight excluding hydrogens is 340 g/mol. The molecule has 0 aliphatic heterocycles. The highest BCUT2D eigenvalue weighted by Gasteiger charge is 2.14. The van der Waals surface area contributed by atoms with Crippen LogP contribution in [0.5, 0.6) is 0 Å². The molecule has 4 rings (SSSR count). The molecule has 1 amide bonds. The van der Waals surface area contributed by atoms with E-state index in [-0.39, 0.29) is 18.1 Å². The van der Waals surface area contributed by atoms with E-state index in [9.17, 15) is 4.79 Å². The Morgan fingerprint density at radius 2 is 2.00 bits per heavy atom. The summed E-state index contributed by atoms with van der Waals surface area (Å²) in [5.74, 6) is 0.231. The number of rotatable bonds is 4. The highest BCUT2D eigenvalue weighted by atomic mass is 35.5. The van der Waals surface area contributed by atoms with Crippen LogP contribution < -0.4 is 5.32 Å². The molecule has 124 valence electrons. The van der Waals surface area contributed by atoms with Crippen LogP contribution in [0.3, 0.4) is 0 Å². The number of imidazole rings is 1. The number of pyridine rings is 1. The van der Waals surface area contributed by atoms with Crippen molar-refractivity contribution in [3.05, 3.63) is 77.3 Å². The summed E-state index contributed by atoms with van der Waals surface area (Å²) in [7, 11) is 0. The number of amides is 1. The summed E-state index contributed by atoms with van der Waals surface area (Å²) < 4.78 is 7.05. The molecule has 6 nitrogen and oxygen atoms in total. The Hall–Kier alpha value is -3.12. The Kier molecular flexibility index (Phi) is 3.95. The summed E-state index contributed by atoms with van der Waals surface area (Å²) in [4.78, 5) is 16.7. The predicted octanol–water partition coefficient (Wildman–Crippen LogP) is 3.57. The van der Waals surface area contributed by atoms with E-state index >= 15 is 0 Å². The third-order valence-corrected chi connectivity index (χ3v) is 3.92.